The Balaban J connectivity index is 2.01. The number of aryl methyl sites for hydroxylation is 1. The molecule has 1 amide bonds. The quantitative estimate of drug-likeness (QED) is 0.757. The van der Waals surface area contributed by atoms with Gasteiger partial charge in [0.15, 0.2) is 5.69 Å². The fourth-order valence-electron chi connectivity index (χ4n) is 2.43. The first-order valence-electron chi connectivity index (χ1n) is 7.22. The van der Waals surface area contributed by atoms with Crippen LogP contribution in [0.1, 0.15) is 10.5 Å². The van der Waals surface area contributed by atoms with Crippen molar-refractivity contribution in [2.75, 3.05) is 12.4 Å². The standard InChI is InChI=1S/C17H13Cl2N3O3/c1-22-13-5-3-9(18)7-11(13)16(23)15(21-22)17(24)20-10-4-6-14(25-2)12(19)8-10/h3-8H,1-2H3,(H,20,24). The van der Waals surface area contributed by atoms with Crippen LogP contribution in [-0.4, -0.2) is 22.8 Å². The van der Waals surface area contributed by atoms with Gasteiger partial charge in [0.1, 0.15) is 5.75 Å². The molecule has 1 N–H and O–H groups in total. The lowest BCUT2D eigenvalue weighted by Gasteiger charge is -2.10. The minimum absolute atomic E-state index is 0.232. The number of methoxy groups -OCH3 is 1. The molecular formula is C17H13Cl2N3O3. The summed E-state index contributed by atoms with van der Waals surface area (Å²) in [4.78, 5) is 25.1. The SMILES string of the molecule is COc1ccc(NC(=O)c2nn(C)c3ccc(Cl)cc3c2=O)cc1Cl. The molecule has 0 saturated carbocycles. The molecule has 0 aliphatic heterocycles. The molecule has 0 spiro atoms. The van der Waals surface area contributed by atoms with Crippen molar-refractivity contribution in [2.24, 2.45) is 7.05 Å². The van der Waals surface area contributed by atoms with Crippen molar-refractivity contribution in [3.63, 3.8) is 0 Å². The van der Waals surface area contributed by atoms with E-state index >= 15 is 0 Å². The van der Waals surface area contributed by atoms with E-state index in [1.807, 2.05) is 0 Å². The van der Waals surface area contributed by atoms with E-state index in [-0.39, 0.29) is 5.69 Å². The van der Waals surface area contributed by atoms with Crippen LogP contribution in [0.3, 0.4) is 0 Å². The average Bonchev–Trinajstić information content (AvgIpc) is 2.58. The predicted molar refractivity (Wildman–Crippen MR) is 98.0 cm³/mol. The fraction of sp³-hybridized carbons (Fsp3) is 0.118. The van der Waals surface area contributed by atoms with E-state index in [0.29, 0.717) is 32.4 Å². The zero-order valence-electron chi connectivity index (χ0n) is 13.3. The van der Waals surface area contributed by atoms with Crippen LogP contribution < -0.4 is 15.5 Å². The van der Waals surface area contributed by atoms with Gasteiger partial charge in [-0.2, -0.15) is 5.10 Å². The first-order chi connectivity index (χ1) is 11.9. The second kappa shape index (κ2) is 6.74. The third kappa shape index (κ3) is 3.31. The fourth-order valence-corrected chi connectivity index (χ4v) is 2.86. The molecule has 3 rings (SSSR count). The van der Waals surface area contributed by atoms with Crippen molar-refractivity contribution in [1.29, 1.82) is 0 Å². The molecule has 25 heavy (non-hydrogen) atoms. The number of benzene rings is 2. The smallest absolute Gasteiger partial charge is 0.280 e. The number of carbonyl (C=O) groups is 1. The second-order valence-corrected chi connectivity index (χ2v) is 6.11. The number of hydrogen-bond acceptors (Lipinski definition) is 4. The van der Waals surface area contributed by atoms with E-state index in [4.69, 9.17) is 27.9 Å². The first kappa shape index (κ1) is 17.3. The average molecular weight is 378 g/mol. The Morgan fingerprint density at radius 2 is 1.96 bits per heavy atom. The summed E-state index contributed by atoms with van der Waals surface area (Å²) in [7, 11) is 3.14. The van der Waals surface area contributed by atoms with Crippen LogP contribution in [0.5, 0.6) is 5.75 Å². The Labute approximate surface area is 152 Å². The third-order valence-corrected chi connectivity index (χ3v) is 4.17. The number of nitrogens with zero attached hydrogens (tertiary/aromatic N) is 2. The molecule has 8 heteroatoms. The van der Waals surface area contributed by atoms with E-state index in [0.717, 1.165) is 0 Å². The minimum atomic E-state index is -0.635. The molecule has 1 aromatic heterocycles. The maximum absolute atomic E-state index is 12.6. The van der Waals surface area contributed by atoms with Gasteiger partial charge in [-0.05, 0) is 36.4 Å². The zero-order chi connectivity index (χ0) is 18.1. The number of aromatic nitrogens is 2. The molecule has 3 aromatic rings. The summed E-state index contributed by atoms with van der Waals surface area (Å²) >= 11 is 12.0. The molecule has 1 heterocycles. The largest absolute Gasteiger partial charge is 0.495 e. The van der Waals surface area contributed by atoms with E-state index in [1.165, 1.54) is 23.9 Å². The van der Waals surface area contributed by atoms with Crippen molar-refractivity contribution in [2.45, 2.75) is 0 Å². The van der Waals surface area contributed by atoms with Crippen molar-refractivity contribution >= 4 is 45.7 Å². The van der Waals surface area contributed by atoms with Crippen LogP contribution in [0.4, 0.5) is 5.69 Å². The molecule has 0 bridgehead atoms. The van der Waals surface area contributed by atoms with Crippen molar-refractivity contribution in [3.05, 3.63) is 62.4 Å². The Morgan fingerprint density at radius 1 is 1.20 bits per heavy atom. The summed E-state index contributed by atoms with van der Waals surface area (Å²) < 4.78 is 6.52. The number of anilines is 1. The third-order valence-electron chi connectivity index (χ3n) is 3.64. The number of rotatable bonds is 3. The van der Waals surface area contributed by atoms with Crippen LogP contribution in [0.2, 0.25) is 10.0 Å². The number of fused-ring (bicyclic) bond motifs is 1. The summed E-state index contributed by atoms with van der Waals surface area (Å²) in [6.07, 6.45) is 0. The van der Waals surface area contributed by atoms with Gasteiger partial charge in [0.2, 0.25) is 5.43 Å². The highest BCUT2D eigenvalue weighted by Gasteiger charge is 2.17. The van der Waals surface area contributed by atoms with Crippen LogP contribution in [0.25, 0.3) is 10.9 Å². The highest BCUT2D eigenvalue weighted by atomic mass is 35.5. The number of amides is 1. The Morgan fingerprint density at radius 3 is 2.64 bits per heavy atom. The molecule has 0 aliphatic carbocycles. The Hall–Kier alpha value is -2.57. The molecule has 6 nitrogen and oxygen atoms in total. The van der Waals surface area contributed by atoms with E-state index < -0.39 is 11.3 Å². The maximum Gasteiger partial charge on any atom is 0.280 e. The van der Waals surface area contributed by atoms with Gasteiger partial charge >= 0.3 is 0 Å². The van der Waals surface area contributed by atoms with Gasteiger partial charge in [-0.1, -0.05) is 23.2 Å². The van der Waals surface area contributed by atoms with Gasteiger partial charge in [-0.3, -0.25) is 14.3 Å². The normalized spacial score (nSPS) is 10.7. The van der Waals surface area contributed by atoms with Gasteiger partial charge in [0, 0.05) is 17.8 Å². The van der Waals surface area contributed by atoms with Crippen molar-refractivity contribution < 1.29 is 9.53 Å². The van der Waals surface area contributed by atoms with E-state index in [1.54, 1.807) is 31.3 Å². The molecule has 0 atom stereocenters. The minimum Gasteiger partial charge on any atom is -0.495 e. The summed E-state index contributed by atoms with van der Waals surface area (Å²) in [6, 6.07) is 9.61. The number of nitrogens with one attached hydrogen (secondary N) is 1. The van der Waals surface area contributed by atoms with E-state index in [2.05, 4.69) is 10.4 Å². The Bertz CT molecular complexity index is 1050. The van der Waals surface area contributed by atoms with Gasteiger partial charge < -0.3 is 10.1 Å². The Kier molecular flexibility index (Phi) is 4.65. The molecule has 2 aromatic carbocycles. The van der Waals surface area contributed by atoms with Gasteiger partial charge in [-0.25, -0.2) is 0 Å². The number of hydrogen-bond donors (Lipinski definition) is 1. The lowest BCUT2D eigenvalue weighted by atomic mass is 10.2. The van der Waals surface area contributed by atoms with Gasteiger partial charge in [-0.15, -0.1) is 0 Å². The highest BCUT2D eigenvalue weighted by Crippen LogP contribution is 2.27. The van der Waals surface area contributed by atoms with Crippen molar-refractivity contribution in [1.82, 2.24) is 9.78 Å². The molecule has 0 unspecified atom stereocenters. The first-order valence-corrected chi connectivity index (χ1v) is 7.98. The molecule has 0 aliphatic rings. The van der Waals surface area contributed by atoms with Crippen molar-refractivity contribution in [3.8, 4) is 5.75 Å². The van der Waals surface area contributed by atoms with Crippen LogP contribution in [0, 0.1) is 0 Å². The lowest BCUT2D eigenvalue weighted by Crippen LogP contribution is -2.26. The number of halogens is 2. The predicted octanol–water partition coefficient (Wildman–Crippen LogP) is 3.50. The molecule has 0 saturated heterocycles. The summed E-state index contributed by atoms with van der Waals surface area (Å²) in [5.41, 5.74) is 0.279. The zero-order valence-corrected chi connectivity index (χ0v) is 14.9. The maximum atomic E-state index is 12.6. The highest BCUT2D eigenvalue weighted by molar-refractivity contribution is 6.32. The summed E-state index contributed by atoms with van der Waals surface area (Å²) in [5, 5.41) is 7.75. The van der Waals surface area contributed by atoms with Gasteiger partial charge in [0.25, 0.3) is 5.91 Å². The summed E-state index contributed by atoms with van der Waals surface area (Å²) in [5.74, 6) is -0.155. The molecule has 128 valence electrons. The van der Waals surface area contributed by atoms with Crippen LogP contribution in [0.15, 0.2) is 41.2 Å². The van der Waals surface area contributed by atoms with Crippen LogP contribution in [-0.2, 0) is 7.05 Å². The van der Waals surface area contributed by atoms with Crippen LogP contribution >= 0.6 is 23.2 Å². The van der Waals surface area contributed by atoms with E-state index in [9.17, 15) is 9.59 Å². The summed E-state index contributed by atoms with van der Waals surface area (Å²) in [6.45, 7) is 0. The second-order valence-electron chi connectivity index (χ2n) is 5.27. The lowest BCUT2D eigenvalue weighted by molar-refractivity contribution is 0.101. The van der Waals surface area contributed by atoms with Gasteiger partial charge in [0.05, 0.1) is 23.0 Å². The topological polar surface area (TPSA) is 73.2 Å². The molecular weight excluding hydrogens is 365 g/mol. The molecule has 0 fully saturated rings. The monoisotopic (exact) mass is 377 g/mol. The number of carbonyl (C=O) groups excluding carboxylic acids is 1. The molecule has 0 radical (unpaired) electrons. The number of ether oxygens (including phenoxy) is 1.